The molecule has 2 aromatic carbocycles. The van der Waals surface area contributed by atoms with E-state index in [1.807, 2.05) is 44.2 Å². The minimum absolute atomic E-state index is 0.00682. The average Bonchev–Trinajstić information content (AvgIpc) is 2.61. The number of aliphatic hydroxyl groups excluding tert-OH is 1. The minimum atomic E-state index is -0.471. The third-order valence-corrected chi connectivity index (χ3v) is 4.68. The van der Waals surface area contributed by atoms with Gasteiger partial charge in [0.2, 0.25) is 0 Å². The van der Waals surface area contributed by atoms with Crippen LogP contribution in [0.1, 0.15) is 32.3 Å². The number of rotatable bonds is 4. The lowest BCUT2D eigenvalue weighted by molar-refractivity contribution is -0.384. The number of non-ortho nitro benzene ring substituents is 1. The van der Waals surface area contributed by atoms with Crippen LogP contribution in [0.25, 0.3) is 0 Å². The zero-order chi connectivity index (χ0) is 20.3. The smallest absolute Gasteiger partial charge is 0.269 e. The Balaban J connectivity index is 2.01. The molecule has 6 nitrogen and oxygen atoms in total. The van der Waals surface area contributed by atoms with Crippen molar-refractivity contribution in [1.29, 1.82) is 0 Å². The molecule has 1 fully saturated rings. The van der Waals surface area contributed by atoms with Gasteiger partial charge in [0.15, 0.2) is 5.78 Å². The Bertz CT molecular complexity index is 958. The van der Waals surface area contributed by atoms with Crippen molar-refractivity contribution in [2.75, 3.05) is 0 Å². The van der Waals surface area contributed by atoms with Gasteiger partial charge in [0.25, 0.3) is 5.69 Å². The summed E-state index contributed by atoms with van der Waals surface area (Å²) < 4.78 is 0. The van der Waals surface area contributed by atoms with Gasteiger partial charge in [-0.2, -0.15) is 0 Å². The number of hydrogen-bond acceptors (Lipinski definition) is 5. The van der Waals surface area contributed by atoms with Crippen LogP contribution >= 0.6 is 0 Å². The van der Waals surface area contributed by atoms with Gasteiger partial charge in [-0.05, 0) is 29.5 Å². The number of Topliss-reactive ketones (excluding diaryl/α,β-unsaturated/α-hetero) is 1. The van der Waals surface area contributed by atoms with Crippen LogP contribution in [0.3, 0.4) is 0 Å². The van der Waals surface area contributed by atoms with Gasteiger partial charge in [-0.3, -0.25) is 19.9 Å². The SMILES string of the molecule is CC1(C)CC(=O)/C(=C(/O)Cc2ccccc2)C(=Nc2ccc([N+](=O)[O-])cc2)C1. The number of ketones is 1. The summed E-state index contributed by atoms with van der Waals surface area (Å²) in [6.45, 7) is 3.97. The topological polar surface area (TPSA) is 92.8 Å². The van der Waals surface area contributed by atoms with E-state index < -0.39 is 4.92 Å². The molecule has 1 N–H and O–H groups in total. The molecule has 0 aromatic heterocycles. The fourth-order valence-electron chi connectivity index (χ4n) is 3.39. The lowest BCUT2D eigenvalue weighted by Gasteiger charge is -2.31. The molecule has 0 heterocycles. The Hall–Kier alpha value is -3.28. The first kappa shape index (κ1) is 19.5. The molecule has 144 valence electrons. The van der Waals surface area contributed by atoms with Gasteiger partial charge in [0.1, 0.15) is 5.76 Å². The van der Waals surface area contributed by atoms with E-state index in [1.54, 1.807) is 12.1 Å². The molecule has 0 spiro atoms. The van der Waals surface area contributed by atoms with E-state index in [4.69, 9.17) is 0 Å². The summed E-state index contributed by atoms with van der Waals surface area (Å²) in [6, 6.07) is 15.3. The number of nitrogens with zero attached hydrogens (tertiary/aromatic N) is 2. The van der Waals surface area contributed by atoms with E-state index in [1.165, 1.54) is 12.1 Å². The van der Waals surface area contributed by atoms with Crippen LogP contribution in [-0.4, -0.2) is 21.5 Å². The second kappa shape index (κ2) is 7.76. The Morgan fingerprint density at radius 3 is 2.36 bits per heavy atom. The molecule has 6 heteroatoms. The Kier molecular flexibility index (Phi) is 5.40. The fourth-order valence-corrected chi connectivity index (χ4v) is 3.39. The van der Waals surface area contributed by atoms with Crippen LogP contribution in [0.5, 0.6) is 0 Å². The Morgan fingerprint density at radius 2 is 1.75 bits per heavy atom. The molecular formula is C22H22N2O4. The first-order valence-electron chi connectivity index (χ1n) is 9.07. The number of nitro groups is 1. The fraction of sp³-hybridized carbons (Fsp3) is 0.273. The van der Waals surface area contributed by atoms with Gasteiger partial charge in [-0.15, -0.1) is 0 Å². The van der Waals surface area contributed by atoms with Crippen molar-refractivity contribution in [2.45, 2.75) is 33.1 Å². The van der Waals surface area contributed by atoms with Gasteiger partial charge < -0.3 is 5.11 Å². The van der Waals surface area contributed by atoms with Crippen LogP contribution in [0, 0.1) is 15.5 Å². The summed E-state index contributed by atoms with van der Waals surface area (Å²) in [6.07, 6.45) is 1.12. The second-order valence-corrected chi connectivity index (χ2v) is 7.76. The van der Waals surface area contributed by atoms with Crippen molar-refractivity contribution >= 4 is 22.9 Å². The Labute approximate surface area is 163 Å². The molecule has 0 atom stereocenters. The summed E-state index contributed by atoms with van der Waals surface area (Å²) in [5.74, 6) is -0.127. The highest BCUT2D eigenvalue weighted by Gasteiger charge is 2.36. The molecule has 2 aromatic rings. The molecule has 1 aliphatic carbocycles. The van der Waals surface area contributed by atoms with Crippen LogP contribution in [-0.2, 0) is 11.2 Å². The number of carbonyl (C=O) groups excluding carboxylic acids is 1. The second-order valence-electron chi connectivity index (χ2n) is 7.76. The lowest BCUT2D eigenvalue weighted by Crippen LogP contribution is -2.32. The van der Waals surface area contributed by atoms with E-state index in [0.717, 1.165) is 5.56 Å². The number of allylic oxidation sites excluding steroid dienone is 2. The van der Waals surface area contributed by atoms with Crippen LogP contribution in [0.2, 0.25) is 0 Å². The third kappa shape index (κ3) is 4.52. The van der Waals surface area contributed by atoms with Gasteiger partial charge in [-0.1, -0.05) is 44.2 Å². The first-order chi connectivity index (χ1) is 13.2. The van der Waals surface area contributed by atoms with E-state index in [9.17, 15) is 20.0 Å². The maximum Gasteiger partial charge on any atom is 0.269 e. The van der Waals surface area contributed by atoms with E-state index in [2.05, 4.69) is 4.99 Å². The number of hydrogen-bond donors (Lipinski definition) is 1. The van der Waals surface area contributed by atoms with Crippen molar-refractivity contribution in [3.8, 4) is 0 Å². The molecule has 0 aliphatic heterocycles. The van der Waals surface area contributed by atoms with Crippen LogP contribution < -0.4 is 0 Å². The van der Waals surface area contributed by atoms with Crippen LogP contribution in [0.4, 0.5) is 11.4 Å². The molecule has 0 unspecified atom stereocenters. The summed E-state index contributed by atoms with van der Waals surface area (Å²) in [4.78, 5) is 27.7. The third-order valence-electron chi connectivity index (χ3n) is 4.68. The van der Waals surface area contributed by atoms with Crippen molar-refractivity contribution in [3.63, 3.8) is 0 Å². The molecule has 1 aliphatic rings. The number of aliphatic hydroxyl groups is 1. The zero-order valence-electron chi connectivity index (χ0n) is 15.9. The van der Waals surface area contributed by atoms with Crippen molar-refractivity contribution in [1.82, 2.24) is 0 Å². The average molecular weight is 378 g/mol. The highest BCUT2D eigenvalue weighted by molar-refractivity contribution is 6.25. The highest BCUT2D eigenvalue weighted by Crippen LogP contribution is 2.36. The summed E-state index contributed by atoms with van der Waals surface area (Å²) in [7, 11) is 0. The molecule has 28 heavy (non-hydrogen) atoms. The van der Waals surface area contributed by atoms with Gasteiger partial charge in [0.05, 0.1) is 21.9 Å². The molecule has 0 amide bonds. The van der Waals surface area contributed by atoms with Gasteiger partial charge in [-0.25, -0.2) is 0 Å². The zero-order valence-corrected chi connectivity index (χ0v) is 15.9. The number of benzene rings is 2. The molecular weight excluding hydrogens is 356 g/mol. The van der Waals surface area contributed by atoms with Gasteiger partial charge >= 0.3 is 0 Å². The largest absolute Gasteiger partial charge is 0.511 e. The predicted molar refractivity (Wildman–Crippen MR) is 108 cm³/mol. The monoisotopic (exact) mass is 378 g/mol. The maximum atomic E-state index is 12.8. The van der Waals surface area contributed by atoms with Crippen molar-refractivity contribution in [3.05, 3.63) is 81.6 Å². The minimum Gasteiger partial charge on any atom is -0.511 e. The lowest BCUT2D eigenvalue weighted by atomic mass is 9.73. The van der Waals surface area contributed by atoms with Crippen molar-refractivity contribution < 1.29 is 14.8 Å². The highest BCUT2D eigenvalue weighted by atomic mass is 16.6. The maximum absolute atomic E-state index is 12.8. The summed E-state index contributed by atoms with van der Waals surface area (Å²) in [5, 5.41) is 21.6. The normalized spacial score (nSPS) is 19.5. The standard InChI is InChI=1S/C22H22N2O4/c1-22(2)13-18(23-16-8-10-17(11-9-16)24(27)28)21(20(26)14-22)19(25)12-15-6-4-3-5-7-15/h3-11,25H,12-14H2,1-2H3/b21-19+,23-18?. The van der Waals surface area contributed by atoms with Gasteiger partial charge in [0, 0.05) is 25.0 Å². The summed E-state index contributed by atoms with van der Waals surface area (Å²) >= 11 is 0. The van der Waals surface area contributed by atoms with Crippen LogP contribution in [0.15, 0.2) is 70.9 Å². The van der Waals surface area contributed by atoms with E-state index in [-0.39, 0.29) is 34.6 Å². The Morgan fingerprint density at radius 1 is 1.11 bits per heavy atom. The summed E-state index contributed by atoms with van der Waals surface area (Å²) in [5.41, 5.74) is 1.90. The molecule has 1 saturated carbocycles. The predicted octanol–water partition coefficient (Wildman–Crippen LogP) is 5.11. The first-order valence-corrected chi connectivity index (χ1v) is 9.07. The molecule has 0 radical (unpaired) electrons. The number of aliphatic imine (C=N–C) groups is 1. The molecule has 0 saturated heterocycles. The number of nitro benzene ring substituents is 1. The van der Waals surface area contributed by atoms with E-state index >= 15 is 0 Å². The van der Waals surface area contributed by atoms with E-state index in [0.29, 0.717) is 24.2 Å². The molecule has 0 bridgehead atoms. The molecule has 3 rings (SSSR count). The quantitative estimate of drug-likeness (QED) is 0.346. The van der Waals surface area contributed by atoms with Crippen molar-refractivity contribution in [2.24, 2.45) is 10.4 Å². The number of carbonyl (C=O) groups is 1.